The quantitative estimate of drug-likeness (QED) is 0.365. The lowest BCUT2D eigenvalue weighted by molar-refractivity contribution is -0.135. The number of nitrogens with zero attached hydrogens (tertiary/aromatic N) is 3. The predicted octanol–water partition coefficient (Wildman–Crippen LogP) is 4.45. The third-order valence-electron chi connectivity index (χ3n) is 7.86. The Morgan fingerprint density at radius 2 is 1.76 bits per heavy atom. The molecule has 1 saturated heterocycles. The number of amides is 2. The molecule has 2 aromatic rings. The highest BCUT2D eigenvalue weighted by atomic mass is 32.2. The third-order valence-corrected chi connectivity index (χ3v) is 9.88. The molecule has 224 valence electrons. The number of sulfonamides is 1. The first-order valence-corrected chi connectivity index (χ1v) is 16.2. The zero-order valence-electron chi connectivity index (χ0n) is 24.7. The van der Waals surface area contributed by atoms with Crippen molar-refractivity contribution in [1.29, 1.82) is 0 Å². The Morgan fingerprint density at radius 3 is 2.44 bits per heavy atom. The van der Waals surface area contributed by atoms with E-state index >= 15 is 0 Å². The summed E-state index contributed by atoms with van der Waals surface area (Å²) < 4.78 is 38.4. The molecule has 2 heterocycles. The Balaban J connectivity index is 1.50. The minimum absolute atomic E-state index is 0.0243. The van der Waals surface area contributed by atoms with Gasteiger partial charge in [0.15, 0.2) is 11.5 Å². The minimum atomic E-state index is -3.55. The third kappa shape index (κ3) is 7.80. The van der Waals surface area contributed by atoms with Gasteiger partial charge in [0, 0.05) is 37.8 Å². The van der Waals surface area contributed by atoms with Gasteiger partial charge in [-0.25, -0.2) is 8.42 Å². The number of carbonyl (C=O) groups excluding carboxylic acids is 2. The molecule has 2 amide bonds. The lowest BCUT2D eigenvalue weighted by Gasteiger charge is -2.39. The van der Waals surface area contributed by atoms with E-state index in [0.717, 1.165) is 11.1 Å². The highest BCUT2D eigenvalue weighted by molar-refractivity contribution is 7.89. The van der Waals surface area contributed by atoms with Crippen molar-refractivity contribution in [3.63, 3.8) is 0 Å². The molecule has 4 rings (SSSR count). The second-order valence-corrected chi connectivity index (χ2v) is 13.5. The van der Waals surface area contributed by atoms with Crippen LogP contribution in [0.15, 0.2) is 42.5 Å². The molecule has 0 bridgehead atoms. The molecule has 0 radical (unpaired) electrons. The van der Waals surface area contributed by atoms with Gasteiger partial charge in [0.25, 0.3) is 5.91 Å². The van der Waals surface area contributed by atoms with Gasteiger partial charge in [0.05, 0.1) is 12.3 Å². The second kappa shape index (κ2) is 13.7. The zero-order chi connectivity index (χ0) is 29.6. The summed E-state index contributed by atoms with van der Waals surface area (Å²) in [6.07, 6.45) is 2.41. The van der Waals surface area contributed by atoms with Crippen molar-refractivity contribution in [2.24, 2.45) is 5.92 Å². The van der Waals surface area contributed by atoms with E-state index < -0.39 is 10.0 Å². The SMILES string of the molecule is CCCS(=O)(=O)N(CCC(C)C)CC(=O)N(Cc1ccccc1C)C1CCN(C(=O)c2ccc3c(c2)OCO3)CC1. The zero-order valence-corrected chi connectivity index (χ0v) is 25.5. The van der Waals surface area contributed by atoms with Gasteiger partial charge in [-0.05, 0) is 67.9 Å². The summed E-state index contributed by atoms with van der Waals surface area (Å²) in [6.45, 7) is 9.67. The normalized spacial score (nSPS) is 15.5. The van der Waals surface area contributed by atoms with E-state index in [4.69, 9.17) is 9.47 Å². The summed E-state index contributed by atoms with van der Waals surface area (Å²) in [5.74, 6) is 1.27. The molecule has 2 aliphatic heterocycles. The monoisotopic (exact) mass is 585 g/mol. The molecule has 9 nitrogen and oxygen atoms in total. The van der Waals surface area contributed by atoms with E-state index in [2.05, 4.69) is 13.8 Å². The molecule has 0 aliphatic carbocycles. The molecular formula is C31H43N3O6S. The van der Waals surface area contributed by atoms with Crippen LogP contribution in [0.2, 0.25) is 0 Å². The number of aryl methyl sites for hydroxylation is 1. The highest BCUT2D eigenvalue weighted by Crippen LogP contribution is 2.33. The standard InChI is InChI=1S/C31H43N3O6S/c1-5-18-41(37,38)33(17-12-23(2)3)21-30(35)34(20-26-9-7-6-8-24(26)4)27-13-15-32(16-14-27)31(36)25-10-11-28-29(19-25)40-22-39-28/h6-11,19,23,27H,5,12-18,20-22H2,1-4H3. The van der Waals surface area contributed by atoms with E-state index in [1.165, 1.54) is 4.31 Å². The molecule has 0 N–H and O–H groups in total. The fourth-order valence-electron chi connectivity index (χ4n) is 5.33. The predicted molar refractivity (Wildman–Crippen MR) is 158 cm³/mol. The second-order valence-electron chi connectivity index (χ2n) is 11.4. The number of hydrogen-bond acceptors (Lipinski definition) is 6. The Bertz CT molecular complexity index is 1320. The first kappa shape index (κ1) is 30.8. The van der Waals surface area contributed by atoms with Crippen LogP contribution in [0, 0.1) is 12.8 Å². The van der Waals surface area contributed by atoms with Crippen molar-refractivity contribution in [1.82, 2.24) is 14.1 Å². The van der Waals surface area contributed by atoms with Crippen molar-refractivity contribution < 1.29 is 27.5 Å². The number of likely N-dealkylation sites (tertiary alicyclic amines) is 1. The van der Waals surface area contributed by atoms with Gasteiger partial charge in [-0.2, -0.15) is 4.31 Å². The maximum absolute atomic E-state index is 13.9. The van der Waals surface area contributed by atoms with E-state index in [1.54, 1.807) is 18.2 Å². The molecule has 2 aliphatic rings. The van der Waals surface area contributed by atoms with Crippen LogP contribution in [0.5, 0.6) is 11.5 Å². The molecule has 1 fully saturated rings. The molecule has 0 aromatic heterocycles. The molecular weight excluding hydrogens is 542 g/mol. The average Bonchev–Trinajstić information content (AvgIpc) is 3.42. The lowest BCUT2D eigenvalue weighted by atomic mass is 10.00. The molecule has 0 atom stereocenters. The van der Waals surface area contributed by atoms with Crippen molar-refractivity contribution >= 4 is 21.8 Å². The Morgan fingerprint density at radius 1 is 1.05 bits per heavy atom. The number of rotatable bonds is 12. The fourth-order valence-corrected chi connectivity index (χ4v) is 6.80. The Hall–Kier alpha value is -3.11. The number of fused-ring (bicyclic) bond motifs is 1. The van der Waals surface area contributed by atoms with Crippen LogP contribution in [0.3, 0.4) is 0 Å². The topological polar surface area (TPSA) is 96.5 Å². The van der Waals surface area contributed by atoms with E-state index in [0.29, 0.717) is 74.8 Å². The maximum Gasteiger partial charge on any atom is 0.253 e. The maximum atomic E-state index is 13.9. The van der Waals surface area contributed by atoms with Gasteiger partial charge >= 0.3 is 0 Å². The van der Waals surface area contributed by atoms with Crippen LogP contribution in [0.1, 0.15) is 67.9 Å². The number of piperidine rings is 1. The minimum Gasteiger partial charge on any atom is -0.454 e. The Labute approximate surface area is 244 Å². The molecule has 0 unspecified atom stereocenters. The van der Waals surface area contributed by atoms with Crippen molar-refractivity contribution in [2.45, 2.75) is 66.0 Å². The first-order chi connectivity index (χ1) is 19.6. The number of carbonyl (C=O) groups is 2. The van der Waals surface area contributed by atoms with Gasteiger partial charge < -0.3 is 19.3 Å². The van der Waals surface area contributed by atoms with Crippen LogP contribution >= 0.6 is 0 Å². The van der Waals surface area contributed by atoms with Crippen molar-refractivity contribution in [2.75, 3.05) is 38.7 Å². The van der Waals surface area contributed by atoms with Gasteiger partial charge in [0.1, 0.15) is 0 Å². The first-order valence-electron chi connectivity index (χ1n) is 14.6. The Kier molecular flexibility index (Phi) is 10.3. The number of benzene rings is 2. The van der Waals surface area contributed by atoms with Gasteiger partial charge in [-0.1, -0.05) is 45.0 Å². The molecule has 41 heavy (non-hydrogen) atoms. The smallest absolute Gasteiger partial charge is 0.253 e. The van der Waals surface area contributed by atoms with Crippen LogP contribution in [-0.2, 0) is 21.4 Å². The summed E-state index contributed by atoms with van der Waals surface area (Å²) >= 11 is 0. The fraction of sp³-hybridized carbons (Fsp3) is 0.548. The molecule has 0 saturated carbocycles. The summed E-state index contributed by atoms with van der Waals surface area (Å²) in [4.78, 5) is 30.8. The van der Waals surface area contributed by atoms with Crippen molar-refractivity contribution in [3.8, 4) is 11.5 Å². The van der Waals surface area contributed by atoms with Crippen LogP contribution in [0.4, 0.5) is 0 Å². The highest BCUT2D eigenvalue weighted by Gasteiger charge is 2.33. The summed E-state index contributed by atoms with van der Waals surface area (Å²) in [6, 6.07) is 13.1. The summed E-state index contributed by atoms with van der Waals surface area (Å²) in [5.41, 5.74) is 2.66. The van der Waals surface area contributed by atoms with Crippen LogP contribution < -0.4 is 9.47 Å². The summed E-state index contributed by atoms with van der Waals surface area (Å²) in [7, 11) is -3.55. The van der Waals surface area contributed by atoms with E-state index in [1.807, 2.05) is 47.9 Å². The summed E-state index contributed by atoms with van der Waals surface area (Å²) in [5, 5.41) is 0. The number of hydrogen-bond donors (Lipinski definition) is 0. The van der Waals surface area contributed by atoms with Gasteiger partial charge in [-0.3, -0.25) is 9.59 Å². The van der Waals surface area contributed by atoms with Crippen LogP contribution in [-0.4, -0.2) is 79.1 Å². The largest absolute Gasteiger partial charge is 0.454 e. The van der Waals surface area contributed by atoms with Gasteiger partial charge in [0.2, 0.25) is 22.7 Å². The van der Waals surface area contributed by atoms with Crippen molar-refractivity contribution in [3.05, 3.63) is 59.2 Å². The molecule has 10 heteroatoms. The molecule has 2 aromatic carbocycles. The van der Waals surface area contributed by atoms with E-state index in [-0.39, 0.29) is 36.9 Å². The number of ether oxygens (including phenoxy) is 2. The van der Waals surface area contributed by atoms with E-state index in [9.17, 15) is 18.0 Å². The van der Waals surface area contributed by atoms with Gasteiger partial charge in [-0.15, -0.1) is 0 Å². The molecule has 0 spiro atoms. The lowest BCUT2D eigenvalue weighted by Crippen LogP contribution is -2.51. The van der Waals surface area contributed by atoms with Crippen LogP contribution in [0.25, 0.3) is 0 Å². The average molecular weight is 586 g/mol.